The maximum Gasteiger partial charge on any atom is 0.306 e. The van der Waals surface area contributed by atoms with E-state index in [1.54, 1.807) is 0 Å². The fourth-order valence-electron chi connectivity index (χ4n) is 1.84. The van der Waals surface area contributed by atoms with Crippen molar-refractivity contribution in [3.63, 3.8) is 0 Å². The van der Waals surface area contributed by atoms with E-state index in [4.69, 9.17) is 10.5 Å². The summed E-state index contributed by atoms with van der Waals surface area (Å²) in [6, 6.07) is 0. The number of unbranched alkanes of at least 4 members (excludes halogenated alkanes) is 7. The van der Waals surface area contributed by atoms with E-state index in [0.717, 1.165) is 12.8 Å². The average Bonchev–Trinajstić information content (AvgIpc) is 2.42. The van der Waals surface area contributed by atoms with E-state index < -0.39 is 0 Å². The lowest BCUT2D eigenvalue weighted by Gasteiger charge is -2.04. The predicted octanol–water partition coefficient (Wildman–Crippen LogP) is 2.98. The third kappa shape index (κ3) is 13.3. The fourth-order valence-corrected chi connectivity index (χ4v) is 1.84. The van der Waals surface area contributed by atoms with Crippen LogP contribution in [0, 0.1) is 0 Å². The van der Waals surface area contributed by atoms with Crippen molar-refractivity contribution in [1.82, 2.24) is 0 Å². The molecule has 19 heavy (non-hydrogen) atoms. The Labute approximate surface area is 117 Å². The summed E-state index contributed by atoms with van der Waals surface area (Å²) in [6.07, 6.45) is 10.1. The van der Waals surface area contributed by atoms with E-state index in [0.29, 0.717) is 6.61 Å². The van der Waals surface area contributed by atoms with Crippen LogP contribution < -0.4 is 5.73 Å². The Morgan fingerprint density at radius 3 is 2.05 bits per heavy atom. The highest BCUT2D eigenvalue weighted by atomic mass is 16.5. The van der Waals surface area contributed by atoms with Gasteiger partial charge in [0.25, 0.3) is 0 Å². The first-order chi connectivity index (χ1) is 9.20. The van der Waals surface area contributed by atoms with Crippen molar-refractivity contribution in [3.8, 4) is 0 Å². The van der Waals surface area contributed by atoms with Gasteiger partial charge >= 0.3 is 5.97 Å². The summed E-state index contributed by atoms with van der Waals surface area (Å²) in [5, 5.41) is 0. The lowest BCUT2D eigenvalue weighted by Crippen LogP contribution is -2.15. The molecule has 0 spiro atoms. The molecule has 0 heterocycles. The minimum Gasteiger partial charge on any atom is -0.466 e. The topological polar surface area (TPSA) is 69.4 Å². The van der Waals surface area contributed by atoms with Crippen molar-refractivity contribution in [2.45, 2.75) is 71.1 Å². The molecule has 0 amide bonds. The second-order valence-corrected chi connectivity index (χ2v) is 4.94. The lowest BCUT2D eigenvalue weighted by atomic mass is 10.1. The van der Waals surface area contributed by atoms with Gasteiger partial charge in [0, 0.05) is 6.42 Å². The zero-order valence-electron chi connectivity index (χ0n) is 12.3. The van der Waals surface area contributed by atoms with Gasteiger partial charge in [0.2, 0.25) is 0 Å². The minimum atomic E-state index is -0.287. The Balaban J connectivity index is 3.21. The summed E-state index contributed by atoms with van der Waals surface area (Å²) in [7, 11) is 0. The molecule has 0 rings (SSSR count). The van der Waals surface area contributed by atoms with E-state index in [1.807, 2.05) is 0 Å². The molecule has 0 aromatic carbocycles. The lowest BCUT2D eigenvalue weighted by molar-refractivity contribution is -0.144. The van der Waals surface area contributed by atoms with Crippen molar-refractivity contribution in [1.29, 1.82) is 0 Å². The molecule has 0 radical (unpaired) electrons. The van der Waals surface area contributed by atoms with Gasteiger partial charge in [-0.1, -0.05) is 51.9 Å². The molecule has 0 aromatic rings. The molecule has 4 nitrogen and oxygen atoms in total. The van der Waals surface area contributed by atoms with Gasteiger partial charge in [-0.3, -0.25) is 9.59 Å². The van der Waals surface area contributed by atoms with Crippen LogP contribution in [0.4, 0.5) is 0 Å². The van der Waals surface area contributed by atoms with Gasteiger partial charge < -0.3 is 10.5 Å². The van der Waals surface area contributed by atoms with Crippen LogP contribution >= 0.6 is 0 Å². The molecule has 0 saturated carbocycles. The minimum absolute atomic E-state index is 0.00527. The molecular weight excluding hydrogens is 242 g/mol. The molecule has 0 aliphatic carbocycles. The zero-order valence-corrected chi connectivity index (χ0v) is 12.3. The first-order valence-corrected chi connectivity index (χ1v) is 7.58. The van der Waals surface area contributed by atoms with Crippen molar-refractivity contribution in [2.24, 2.45) is 5.73 Å². The van der Waals surface area contributed by atoms with Gasteiger partial charge in [0.1, 0.15) is 5.78 Å². The number of carbonyl (C=O) groups excluding carboxylic acids is 2. The van der Waals surface area contributed by atoms with E-state index >= 15 is 0 Å². The smallest absolute Gasteiger partial charge is 0.306 e. The molecule has 0 aliphatic rings. The Morgan fingerprint density at radius 2 is 1.47 bits per heavy atom. The number of Topliss-reactive ketones (excluding diaryl/α,β-unsaturated/α-hetero) is 1. The van der Waals surface area contributed by atoms with Gasteiger partial charge in [-0.25, -0.2) is 0 Å². The van der Waals surface area contributed by atoms with Gasteiger partial charge in [-0.2, -0.15) is 0 Å². The van der Waals surface area contributed by atoms with Crippen LogP contribution in [0.1, 0.15) is 71.1 Å². The molecule has 0 atom stereocenters. The summed E-state index contributed by atoms with van der Waals surface area (Å²) >= 11 is 0. The number of hydrogen-bond donors (Lipinski definition) is 1. The van der Waals surface area contributed by atoms with E-state index in [2.05, 4.69) is 6.92 Å². The van der Waals surface area contributed by atoms with Crippen LogP contribution in [0.5, 0.6) is 0 Å². The summed E-state index contributed by atoms with van der Waals surface area (Å²) in [6.45, 7) is 2.70. The largest absolute Gasteiger partial charge is 0.466 e. The second kappa shape index (κ2) is 13.5. The molecular formula is C15H29NO3. The first-order valence-electron chi connectivity index (χ1n) is 7.58. The number of ketones is 1. The molecule has 0 saturated heterocycles. The van der Waals surface area contributed by atoms with Gasteiger partial charge in [-0.15, -0.1) is 0 Å². The molecule has 0 aliphatic heterocycles. The Bertz CT molecular complexity index is 242. The predicted molar refractivity (Wildman–Crippen MR) is 76.9 cm³/mol. The highest BCUT2D eigenvalue weighted by Gasteiger charge is 2.06. The Kier molecular flexibility index (Phi) is 12.9. The number of nitrogens with two attached hydrogens (primary N) is 1. The van der Waals surface area contributed by atoms with Crippen molar-refractivity contribution < 1.29 is 14.3 Å². The third-order valence-electron chi connectivity index (χ3n) is 3.10. The summed E-state index contributed by atoms with van der Waals surface area (Å²) < 4.78 is 5.05. The highest BCUT2D eigenvalue weighted by Crippen LogP contribution is 2.08. The maximum absolute atomic E-state index is 11.3. The third-order valence-corrected chi connectivity index (χ3v) is 3.10. The summed E-state index contributed by atoms with van der Waals surface area (Å²) in [4.78, 5) is 22.2. The van der Waals surface area contributed by atoms with Crippen molar-refractivity contribution in [3.05, 3.63) is 0 Å². The maximum atomic E-state index is 11.3. The summed E-state index contributed by atoms with van der Waals surface area (Å²) in [5.41, 5.74) is 5.16. The van der Waals surface area contributed by atoms with Crippen LogP contribution in [0.25, 0.3) is 0 Å². The zero-order chi connectivity index (χ0) is 14.3. The molecule has 0 unspecified atom stereocenters. The highest BCUT2D eigenvalue weighted by molar-refractivity contribution is 5.84. The van der Waals surface area contributed by atoms with E-state index in [9.17, 15) is 9.59 Å². The van der Waals surface area contributed by atoms with Gasteiger partial charge in [0.15, 0.2) is 0 Å². The van der Waals surface area contributed by atoms with Gasteiger partial charge in [-0.05, 0) is 6.42 Å². The number of hydrogen-bond acceptors (Lipinski definition) is 4. The van der Waals surface area contributed by atoms with E-state index in [-0.39, 0.29) is 31.1 Å². The molecule has 2 N–H and O–H groups in total. The quantitative estimate of drug-likeness (QED) is 0.413. The number of ether oxygens (including phenoxy) is 1. The molecule has 0 fully saturated rings. The monoisotopic (exact) mass is 271 g/mol. The average molecular weight is 271 g/mol. The van der Waals surface area contributed by atoms with Crippen LogP contribution in [-0.4, -0.2) is 24.9 Å². The van der Waals surface area contributed by atoms with Crippen LogP contribution in [0.15, 0.2) is 0 Å². The van der Waals surface area contributed by atoms with Crippen molar-refractivity contribution in [2.75, 3.05) is 13.2 Å². The first kappa shape index (κ1) is 18.1. The Morgan fingerprint density at radius 1 is 0.895 bits per heavy atom. The van der Waals surface area contributed by atoms with Crippen LogP contribution in [0.2, 0.25) is 0 Å². The Hall–Kier alpha value is -0.900. The van der Waals surface area contributed by atoms with Crippen LogP contribution in [0.3, 0.4) is 0 Å². The molecule has 4 heteroatoms. The number of esters is 1. The van der Waals surface area contributed by atoms with Gasteiger partial charge in [0.05, 0.1) is 19.6 Å². The number of carbonyl (C=O) groups is 2. The molecule has 0 aromatic heterocycles. The normalized spacial score (nSPS) is 10.4. The standard InChI is InChI=1S/C15H29NO3/c1-2-3-4-5-6-7-8-9-12-19-15(18)11-10-14(17)13-16/h2-13,16H2,1H3. The molecule has 0 bridgehead atoms. The number of rotatable bonds is 13. The SMILES string of the molecule is CCCCCCCCCCOC(=O)CCC(=O)CN. The molecule has 112 valence electrons. The van der Waals surface area contributed by atoms with Crippen LogP contribution in [-0.2, 0) is 14.3 Å². The second-order valence-electron chi connectivity index (χ2n) is 4.94. The fraction of sp³-hybridized carbons (Fsp3) is 0.867. The van der Waals surface area contributed by atoms with Crippen molar-refractivity contribution >= 4 is 11.8 Å². The summed E-state index contributed by atoms with van der Waals surface area (Å²) in [5.74, 6) is -0.381. The van der Waals surface area contributed by atoms with E-state index in [1.165, 1.54) is 38.5 Å².